The van der Waals surface area contributed by atoms with Crippen LogP contribution >= 0.6 is 0 Å². The monoisotopic (exact) mass is 367 g/mol. The van der Waals surface area contributed by atoms with Crippen molar-refractivity contribution in [2.24, 2.45) is 0 Å². The molecule has 2 N–H and O–H groups in total. The summed E-state index contributed by atoms with van der Waals surface area (Å²) in [6, 6.07) is 12.9. The molecule has 0 aromatic heterocycles. The summed E-state index contributed by atoms with van der Waals surface area (Å²) in [5.74, 6) is -0.947. The van der Waals surface area contributed by atoms with E-state index in [9.17, 15) is 14.4 Å². The lowest BCUT2D eigenvalue weighted by Crippen LogP contribution is -2.41. The Balaban J connectivity index is 1.85. The highest BCUT2D eigenvalue weighted by atomic mass is 16.2. The fourth-order valence-corrected chi connectivity index (χ4v) is 2.54. The Bertz CT molecular complexity index is 862. The summed E-state index contributed by atoms with van der Waals surface area (Å²) in [4.78, 5) is 37.8. The van der Waals surface area contributed by atoms with Gasteiger partial charge in [-0.15, -0.1) is 0 Å². The Hall–Kier alpha value is -3.15. The van der Waals surface area contributed by atoms with Crippen LogP contribution in [0.2, 0.25) is 0 Å². The molecule has 0 spiro atoms. The fourth-order valence-electron chi connectivity index (χ4n) is 2.54. The first-order valence-corrected chi connectivity index (χ1v) is 8.72. The molecule has 6 nitrogen and oxygen atoms in total. The van der Waals surface area contributed by atoms with E-state index in [1.165, 1.54) is 11.9 Å². The third kappa shape index (κ3) is 5.95. The van der Waals surface area contributed by atoms with Crippen molar-refractivity contribution in [3.05, 3.63) is 64.7 Å². The molecule has 2 aromatic rings. The maximum absolute atomic E-state index is 12.2. The summed E-state index contributed by atoms with van der Waals surface area (Å²) in [7, 11) is 1.53. The van der Waals surface area contributed by atoms with Gasteiger partial charge < -0.3 is 15.5 Å². The number of aryl methyl sites for hydroxylation is 3. The third-order valence-electron chi connectivity index (χ3n) is 4.15. The lowest BCUT2D eigenvalue weighted by molar-refractivity contribution is -0.132. The van der Waals surface area contributed by atoms with Crippen LogP contribution in [0, 0.1) is 20.8 Å². The second kappa shape index (κ2) is 8.98. The number of hydrogen-bond donors (Lipinski definition) is 2. The number of nitrogens with zero attached hydrogens (tertiary/aromatic N) is 1. The van der Waals surface area contributed by atoms with Gasteiger partial charge in [-0.2, -0.15) is 0 Å². The molecule has 0 unspecified atom stereocenters. The SMILES string of the molecule is Cc1cccc(C(=O)NCC(=O)N(C)CC(=O)Nc2cc(C)ccc2C)c1. The predicted molar refractivity (Wildman–Crippen MR) is 106 cm³/mol. The zero-order chi connectivity index (χ0) is 20.0. The van der Waals surface area contributed by atoms with E-state index in [-0.39, 0.29) is 30.8 Å². The summed E-state index contributed by atoms with van der Waals surface area (Å²) in [5.41, 5.74) is 4.19. The summed E-state index contributed by atoms with van der Waals surface area (Å²) < 4.78 is 0. The summed E-state index contributed by atoms with van der Waals surface area (Å²) >= 11 is 0. The molecule has 0 radical (unpaired) electrons. The number of amides is 3. The van der Waals surface area contributed by atoms with E-state index < -0.39 is 0 Å². The zero-order valence-electron chi connectivity index (χ0n) is 16.1. The van der Waals surface area contributed by atoms with Crippen LogP contribution in [0.5, 0.6) is 0 Å². The number of likely N-dealkylation sites (N-methyl/N-ethyl adjacent to an activating group) is 1. The number of anilines is 1. The normalized spacial score (nSPS) is 10.2. The minimum Gasteiger partial charge on any atom is -0.343 e. The Morgan fingerprint density at radius 2 is 1.67 bits per heavy atom. The molecule has 3 amide bonds. The molecule has 0 atom stereocenters. The molecule has 0 fully saturated rings. The Kier molecular flexibility index (Phi) is 6.71. The smallest absolute Gasteiger partial charge is 0.251 e. The average Bonchev–Trinajstić information content (AvgIpc) is 2.62. The van der Waals surface area contributed by atoms with Crippen molar-refractivity contribution >= 4 is 23.4 Å². The molecule has 0 saturated carbocycles. The molecule has 2 rings (SSSR count). The molecule has 142 valence electrons. The van der Waals surface area contributed by atoms with E-state index in [0.29, 0.717) is 5.56 Å². The number of carbonyl (C=O) groups is 3. The number of rotatable bonds is 6. The zero-order valence-corrected chi connectivity index (χ0v) is 16.1. The van der Waals surface area contributed by atoms with Gasteiger partial charge in [0.1, 0.15) is 0 Å². The van der Waals surface area contributed by atoms with Crippen LogP contribution in [0.15, 0.2) is 42.5 Å². The van der Waals surface area contributed by atoms with Gasteiger partial charge in [-0.25, -0.2) is 0 Å². The van der Waals surface area contributed by atoms with Crippen molar-refractivity contribution < 1.29 is 14.4 Å². The standard InChI is InChI=1S/C21H25N3O3/c1-14-6-5-7-17(10-14)21(27)22-12-20(26)24(4)13-19(25)23-18-11-15(2)8-9-16(18)3/h5-11H,12-13H2,1-4H3,(H,22,27)(H,23,25). The second-order valence-electron chi connectivity index (χ2n) is 6.67. The topological polar surface area (TPSA) is 78.5 Å². The van der Waals surface area contributed by atoms with Crippen LogP contribution in [0.1, 0.15) is 27.0 Å². The van der Waals surface area contributed by atoms with Gasteiger partial charge in [0.2, 0.25) is 11.8 Å². The van der Waals surface area contributed by atoms with Gasteiger partial charge >= 0.3 is 0 Å². The maximum atomic E-state index is 12.2. The molecule has 0 heterocycles. The van der Waals surface area contributed by atoms with Crippen molar-refractivity contribution in [1.82, 2.24) is 10.2 Å². The number of hydrogen-bond acceptors (Lipinski definition) is 3. The van der Waals surface area contributed by atoms with Gasteiger partial charge in [0.15, 0.2) is 0 Å². The minimum absolute atomic E-state index is 0.0907. The summed E-state index contributed by atoms with van der Waals surface area (Å²) in [5, 5.41) is 5.40. The molecule has 0 aliphatic rings. The van der Waals surface area contributed by atoms with Crippen molar-refractivity contribution in [3.63, 3.8) is 0 Å². The largest absolute Gasteiger partial charge is 0.343 e. The molecule has 0 aliphatic carbocycles. The number of benzene rings is 2. The first-order valence-electron chi connectivity index (χ1n) is 8.72. The molecule has 0 aliphatic heterocycles. The van der Waals surface area contributed by atoms with E-state index in [2.05, 4.69) is 10.6 Å². The van der Waals surface area contributed by atoms with E-state index >= 15 is 0 Å². The summed E-state index contributed by atoms with van der Waals surface area (Å²) in [6.07, 6.45) is 0. The summed E-state index contributed by atoms with van der Waals surface area (Å²) in [6.45, 7) is 5.49. The highest BCUT2D eigenvalue weighted by molar-refractivity contribution is 5.98. The van der Waals surface area contributed by atoms with E-state index in [1.807, 2.05) is 45.0 Å². The van der Waals surface area contributed by atoms with Gasteiger partial charge in [-0.3, -0.25) is 14.4 Å². The quantitative estimate of drug-likeness (QED) is 0.823. The van der Waals surface area contributed by atoms with Crippen molar-refractivity contribution in [2.75, 3.05) is 25.5 Å². The molecular formula is C21H25N3O3. The Labute approximate surface area is 159 Å². The van der Waals surface area contributed by atoms with Crippen LogP contribution in [0.25, 0.3) is 0 Å². The van der Waals surface area contributed by atoms with Crippen LogP contribution in [-0.2, 0) is 9.59 Å². The number of carbonyl (C=O) groups excluding carboxylic acids is 3. The van der Waals surface area contributed by atoms with Crippen molar-refractivity contribution in [3.8, 4) is 0 Å². The maximum Gasteiger partial charge on any atom is 0.251 e. The lowest BCUT2D eigenvalue weighted by atomic mass is 10.1. The van der Waals surface area contributed by atoms with E-state index in [1.54, 1.807) is 18.2 Å². The Morgan fingerprint density at radius 3 is 2.37 bits per heavy atom. The molecule has 6 heteroatoms. The van der Waals surface area contributed by atoms with Crippen LogP contribution < -0.4 is 10.6 Å². The van der Waals surface area contributed by atoms with E-state index in [4.69, 9.17) is 0 Å². The van der Waals surface area contributed by atoms with Crippen molar-refractivity contribution in [1.29, 1.82) is 0 Å². The average molecular weight is 367 g/mol. The molecule has 0 bridgehead atoms. The Morgan fingerprint density at radius 1 is 0.963 bits per heavy atom. The highest BCUT2D eigenvalue weighted by Crippen LogP contribution is 2.16. The van der Waals surface area contributed by atoms with Gasteiger partial charge in [0.05, 0.1) is 13.1 Å². The molecule has 0 saturated heterocycles. The molecule has 27 heavy (non-hydrogen) atoms. The van der Waals surface area contributed by atoms with Gasteiger partial charge in [-0.05, 0) is 50.1 Å². The second-order valence-corrected chi connectivity index (χ2v) is 6.67. The third-order valence-corrected chi connectivity index (χ3v) is 4.15. The van der Waals surface area contributed by atoms with Gasteiger partial charge in [0.25, 0.3) is 5.91 Å². The highest BCUT2D eigenvalue weighted by Gasteiger charge is 2.15. The lowest BCUT2D eigenvalue weighted by Gasteiger charge is -2.18. The van der Waals surface area contributed by atoms with Gasteiger partial charge in [-0.1, -0.05) is 29.8 Å². The minimum atomic E-state index is -0.341. The van der Waals surface area contributed by atoms with Crippen LogP contribution in [0.4, 0.5) is 5.69 Å². The molecule has 2 aromatic carbocycles. The molecular weight excluding hydrogens is 342 g/mol. The van der Waals surface area contributed by atoms with Gasteiger partial charge in [0, 0.05) is 18.3 Å². The first kappa shape index (κ1) is 20.2. The van der Waals surface area contributed by atoms with Crippen LogP contribution in [0.3, 0.4) is 0 Å². The van der Waals surface area contributed by atoms with E-state index in [0.717, 1.165) is 22.4 Å². The number of nitrogens with one attached hydrogen (secondary N) is 2. The van der Waals surface area contributed by atoms with Crippen molar-refractivity contribution in [2.45, 2.75) is 20.8 Å². The predicted octanol–water partition coefficient (Wildman–Crippen LogP) is 2.44. The first-order chi connectivity index (χ1) is 12.8. The fraction of sp³-hybridized carbons (Fsp3) is 0.286. The van der Waals surface area contributed by atoms with Crippen LogP contribution in [-0.4, -0.2) is 42.8 Å².